The van der Waals surface area contributed by atoms with Gasteiger partial charge in [0.2, 0.25) is 0 Å². The zero-order chi connectivity index (χ0) is 13.5. The number of benzene rings is 1. The average Bonchev–Trinajstić information content (AvgIpc) is 2.27. The number of para-hydroxylation sites is 1. The molecule has 0 saturated heterocycles. The van der Waals surface area contributed by atoms with Crippen LogP contribution in [0, 0.1) is 19.8 Å². The van der Waals surface area contributed by atoms with Crippen LogP contribution in [0.4, 0.5) is 0 Å². The molecule has 18 heavy (non-hydrogen) atoms. The highest BCUT2D eigenvalue weighted by molar-refractivity contribution is 5.77. The minimum atomic E-state index is -0.0571. The van der Waals surface area contributed by atoms with Crippen LogP contribution in [0.15, 0.2) is 18.2 Å². The van der Waals surface area contributed by atoms with E-state index in [4.69, 9.17) is 4.74 Å². The van der Waals surface area contributed by atoms with Gasteiger partial charge in [0.25, 0.3) is 5.91 Å². The lowest BCUT2D eigenvalue weighted by Gasteiger charge is -2.12. The van der Waals surface area contributed by atoms with Gasteiger partial charge in [-0.1, -0.05) is 32.0 Å². The zero-order valence-corrected chi connectivity index (χ0v) is 11.7. The summed E-state index contributed by atoms with van der Waals surface area (Å²) in [4.78, 5) is 11.6. The molecule has 1 rings (SSSR count). The van der Waals surface area contributed by atoms with Crippen molar-refractivity contribution in [2.24, 2.45) is 5.92 Å². The van der Waals surface area contributed by atoms with Crippen LogP contribution >= 0.6 is 0 Å². The molecule has 1 amide bonds. The van der Waals surface area contributed by atoms with Crippen molar-refractivity contribution in [3.05, 3.63) is 29.3 Å². The summed E-state index contributed by atoms with van der Waals surface area (Å²) >= 11 is 0. The van der Waals surface area contributed by atoms with Gasteiger partial charge in [0.1, 0.15) is 5.75 Å². The van der Waals surface area contributed by atoms with E-state index in [9.17, 15) is 4.79 Å². The van der Waals surface area contributed by atoms with Crippen LogP contribution in [0.3, 0.4) is 0 Å². The molecule has 100 valence electrons. The molecule has 0 radical (unpaired) electrons. The molecule has 0 bridgehead atoms. The second-order valence-electron chi connectivity index (χ2n) is 5.04. The Morgan fingerprint density at radius 3 is 2.44 bits per heavy atom. The molecule has 1 aromatic carbocycles. The highest BCUT2D eigenvalue weighted by Gasteiger charge is 2.06. The first-order valence-corrected chi connectivity index (χ1v) is 6.46. The Hall–Kier alpha value is -1.51. The van der Waals surface area contributed by atoms with Crippen LogP contribution in [0.5, 0.6) is 5.75 Å². The molecular formula is C15H23NO2. The van der Waals surface area contributed by atoms with Crippen molar-refractivity contribution in [2.45, 2.75) is 34.1 Å². The monoisotopic (exact) mass is 249 g/mol. The van der Waals surface area contributed by atoms with E-state index in [1.54, 1.807) is 0 Å². The lowest BCUT2D eigenvalue weighted by molar-refractivity contribution is -0.123. The molecule has 0 fully saturated rings. The van der Waals surface area contributed by atoms with Crippen LogP contribution in [0.25, 0.3) is 0 Å². The largest absolute Gasteiger partial charge is 0.483 e. The number of aryl methyl sites for hydroxylation is 2. The summed E-state index contributed by atoms with van der Waals surface area (Å²) in [5.74, 6) is 1.36. The number of hydrogen-bond acceptors (Lipinski definition) is 2. The first kappa shape index (κ1) is 14.6. The van der Waals surface area contributed by atoms with Crippen LogP contribution in [-0.2, 0) is 4.79 Å². The molecule has 0 aliphatic heterocycles. The summed E-state index contributed by atoms with van der Waals surface area (Å²) < 4.78 is 5.57. The third-order valence-corrected chi connectivity index (χ3v) is 2.80. The lowest BCUT2D eigenvalue weighted by atomic mass is 10.1. The third-order valence-electron chi connectivity index (χ3n) is 2.80. The second kappa shape index (κ2) is 7.04. The third kappa shape index (κ3) is 4.78. The fraction of sp³-hybridized carbons (Fsp3) is 0.533. The molecule has 3 nitrogen and oxygen atoms in total. The summed E-state index contributed by atoms with van der Waals surface area (Å²) in [7, 11) is 0. The molecule has 0 spiro atoms. The smallest absolute Gasteiger partial charge is 0.257 e. The first-order valence-electron chi connectivity index (χ1n) is 6.46. The molecule has 0 aliphatic carbocycles. The highest BCUT2D eigenvalue weighted by atomic mass is 16.5. The van der Waals surface area contributed by atoms with Gasteiger partial charge >= 0.3 is 0 Å². The minimum absolute atomic E-state index is 0.0571. The molecule has 3 heteroatoms. The summed E-state index contributed by atoms with van der Waals surface area (Å²) in [6, 6.07) is 5.96. The van der Waals surface area contributed by atoms with Crippen molar-refractivity contribution in [2.75, 3.05) is 13.2 Å². The normalized spacial score (nSPS) is 10.5. The van der Waals surface area contributed by atoms with Gasteiger partial charge in [0.15, 0.2) is 6.61 Å². The Morgan fingerprint density at radius 1 is 1.28 bits per heavy atom. The van der Waals surface area contributed by atoms with E-state index in [0.717, 1.165) is 23.3 Å². The fourth-order valence-corrected chi connectivity index (χ4v) is 1.72. The van der Waals surface area contributed by atoms with E-state index >= 15 is 0 Å². The minimum Gasteiger partial charge on any atom is -0.483 e. The summed E-state index contributed by atoms with van der Waals surface area (Å²) in [6.07, 6.45) is 0.995. The summed E-state index contributed by atoms with van der Waals surface area (Å²) in [5, 5.41) is 2.86. The van der Waals surface area contributed by atoms with Crippen LogP contribution in [-0.4, -0.2) is 19.1 Å². The molecule has 0 aliphatic rings. The lowest BCUT2D eigenvalue weighted by Crippen LogP contribution is -2.30. The van der Waals surface area contributed by atoms with E-state index in [1.165, 1.54) is 0 Å². The Balaban J connectivity index is 2.38. The molecule has 0 aromatic heterocycles. The van der Waals surface area contributed by atoms with Gasteiger partial charge in [-0.2, -0.15) is 0 Å². The van der Waals surface area contributed by atoms with Gasteiger partial charge in [0, 0.05) is 6.54 Å². The topological polar surface area (TPSA) is 38.3 Å². The van der Waals surface area contributed by atoms with Crippen molar-refractivity contribution in [1.29, 1.82) is 0 Å². The molecule has 1 aromatic rings. The summed E-state index contributed by atoms with van der Waals surface area (Å²) in [6.45, 7) is 9.05. The Morgan fingerprint density at radius 2 is 1.89 bits per heavy atom. The SMILES string of the molecule is Cc1cccc(C)c1OCC(=O)NCCC(C)C. The van der Waals surface area contributed by atoms with Crippen molar-refractivity contribution in [3.63, 3.8) is 0 Å². The van der Waals surface area contributed by atoms with Crippen molar-refractivity contribution < 1.29 is 9.53 Å². The molecular weight excluding hydrogens is 226 g/mol. The molecule has 0 unspecified atom stereocenters. The second-order valence-corrected chi connectivity index (χ2v) is 5.04. The van der Waals surface area contributed by atoms with Crippen molar-refractivity contribution in [1.82, 2.24) is 5.32 Å². The van der Waals surface area contributed by atoms with E-state index in [-0.39, 0.29) is 12.5 Å². The van der Waals surface area contributed by atoms with Gasteiger partial charge in [0.05, 0.1) is 0 Å². The molecule has 1 N–H and O–H groups in total. The number of carbonyl (C=O) groups is 1. The predicted molar refractivity (Wildman–Crippen MR) is 73.9 cm³/mol. The summed E-state index contributed by atoms with van der Waals surface area (Å²) in [5.41, 5.74) is 2.12. The zero-order valence-electron chi connectivity index (χ0n) is 11.7. The number of hydrogen-bond donors (Lipinski definition) is 1. The van der Waals surface area contributed by atoms with E-state index in [1.807, 2.05) is 32.0 Å². The van der Waals surface area contributed by atoms with Gasteiger partial charge in [-0.3, -0.25) is 4.79 Å². The van der Waals surface area contributed by atoms with Crippen molar-refractivity contribution >= 4 is 5.91 Å². The van der Waals surface area contributed by atoms with Crippen LogP contribution in [0.2, 0.25) is 0 Å². The quantitative estimate of drug-likeness (QED) is 0.842. The predicted octanol–water partition coefficient (Wildman–Crippen LogP) is 2.84. The maximum atomic E-state index is 11.6. The maximum Gasteiger partial charge on any atom is 0.257 e. The Kier molecular flexibility index (Phi) is 5.69. The highest BCUT2D eigenvalue weighted by Crippen LogP contribution is 2.21. The molecule has 0 heterocycles. The number of rotatable bonds is 6. The Bertz CT molecular complexity index is 379. The van der Waals surface area contributed by atoms with E-state index in [0.29, 0.717) is 12.5 Å². The number of ether oxygens (including phenoxy) is 1. The number of nitrogens with one attached hydrogen (secondary N) is 1. The average molecular weight is 249 g/mol. The maximum absolute atomic E-state index is 11.6. The van der Waals surface area contributed by atoms with Gasteiger partial charge in [-0.25, -0.2) is 0 Å². The van der Waals surface area contributed by atoms with Crippen LogP contribution < -0.4 is 10.1 Å². The molecule has 0 saturated carbocycles. The van der Waals surface area contributed by atoms with Crippen LogP contribution in [0.1, 0.15) is 31.4 Å². The van der Waals surface area contributed by atoms with E-state index < -0.39 is 0 Å². The number of amides is 1. The van der Waals surface area contributed by atoms with Gasteiger partial charge in [-0.15, -0.1) is 0 Å². The number of carbonyl (C=O) groups excluding carboxylic acids is 1. The Labute approximate surface area is 110 Å². The van der Waals surface area contributed by atoms with E-state index in [2.05, 4.69) is 19.2 Å². The van der Waals surface area contributed by atoms with Gasteiger partial charge < -0.3 is 10.1 Å². The molecule has 0 atom stereocenters. The van der Waals surface area contributed by atoms with Gasteiger partial charge in [-0.05, 0) is 37.3 Å². The standard InChI is InChI=1S/C15H23NO2/c1-11(2)8-9-16-14(17)10-18-15-12(3)6-5-7-13(15)4/h5-7,11H,8-10H2,1-4H3,(H,16,17). The van der Waals surface area contributed by atoms with Crippen molar-refractivity contribution in [3.8, 4) is 5.75 Å². The fourth-order valence-electron chi connectivity index (χ4n) is 1.72. The first-order chi connectivity index (χ1) is 8.50.